The molecule has 0 unspecified atom stereocenters. The van der Waals surface area contributed by atoms with Crippen LogP contribution in [0.3, 0.4) is 0 Å². The SMILES string of the molecule is O=C(NCC[NH+]1CCOCC1)c1ccc2c(=O)n(CCC3=CCCCC3)c(=S)[nH]c2c1. The molecule has 7 nitrogen and oxygen atoms in total. The third-order valence-corrected chi connectivity index (χ3v) is 6.57. The van der Waals surface area contributed by atoms with Gasteiger partial charge in [0.05, 0.1) is 37.2 Å². The maximum absolute atomic E-state index is 13.0. The number of carbonyl (C=O) groups excluding carboxylic acids is 1. The number of benzene rings is 1. The van der Waals surface area contributed by atoms with Crippen molar-refractivity contribution in [3.05, 3.63) is 50.5 Å². The molecule has 1 amide bonds. The van der Waals surface area contributed by atoms with E-state index in [1.807, 2.05) is 0 Å². The number of nitrogens with zero attached hydrogens (tertiary/aromatic N) is 1. The highest BCUT2D eigenvalue weighted by atomic mass is 32.1. The molecule has 3 N–H and O–H groups in total. The molecule has 8 heteroatoms. The van der Waals surface area contributed by atoms with Crippen molar-refractivity contribution < 1.29 is 14.4 Å². The number of aromatic nitrogens is 2. The normalized spacial score (nSPS) is 17.5. The summed E-state index contributed by atoms with van der Waals surface area (Å²) in [7, 11) is 0. The fraction of sp³-hybridized carbons (Fsp3) is 0.522. The Balaban J connectivity index is 1.43. The van der Waals surface area contributed by atoms with Crippen LogP contribution in [0.25, 0.3) is 10.9 Å². The molecule has 31 heavy (non-hydrogen) atoms. The topological polar surface area (TPSA) is 80.6 Å². The summed E-state index contributed by atoms with van der Waals surface area (Å²) in [6.07, 6.45) is 7.88. The first-order valence-electron chi connectivity index (χ1n) is 11.3. The average Bonchev–Trinajstić information content (AvgIpc) is 2.80. The fourth-order valence-electron chi connectivity index (χ4n) is 4.35. The number of H-pyrrole nitrogens is 1. The van der Waals surface area contributed by atoms with E-state index in [4.69, 9.17) is 17.0 Å². The van der Waals surface area contributed by atoms with Crippen LogP contribution in [-0.4, -0.2) is 54.9 Å². The molecule has 0 spiro atoms. The van der Waals surface area contributed by atoms with E-state index in [2.05, 4.69) is 16.4 Å². The summed E-state index contributed by atoms with van der Waals surface area (Å²) >= 11 is 5.46. The lowest BCUT2D eigenvalue weighted by molar-refractivity contribution is -0.906. The van der Waals surface area contributed by atoms with E-state index in [1.54, 1.807) is 22.8 Å². The standard InChI is InChI=1S/C23H30N4O3S/c28-21(24-9-11-26-12-14-30-15-13-26)18-6-7-19-20(16-18)25-23(31)27(22(19)29)10-8-17-4-2-1-3-5-17/h4,6-7,16H,1-3,5,8-15H2,(H,24,28)(H,25,31)/p+1. The second kappa shape index (κ2) is 10.3. The van der Waals surface area contributed by atoms with E-state index >= 15 is 0 Å². The Labute approximate surface area is 187 Å². The number of rotatable bonds is 7. The van der Waals surface area contributed by atoms with Crippen LogP contribution >= 0.6 is 12.2 Å². The number of allylic oxidation sites excluding steroid dienone is 2. The first kappa shape index (κ1) is 21.9. The van der Waals surface area contributed by atoms with Gasteiger partial charge in [-0.15, -0.1) is 0 Å². The Morgan fingerprint density at radius 3 is 2.87 bits per heavy atom. The molecule has 2 aromatic rings. The van der Waals surface area contributed by atoms with Crippen LogP contribution in [0, 0.1) is 4.77 Å². The number of morpholine rings is 1. The van der Waals surface area contributed by atoms with Crippen molar-refractivity contribution in [3.8, 4) is 0 Å². The Bertz CT molecular complexity index is 1080. The zero-order chi connectivity index (χ0) is 21.6. The molecule has 1 aromatic carbocycles. The zero-order valence-corrected chi connectivity index (χ0v) is 18.7. The van der Waals surface area contributed by atoms with Gasteiger partial charge in [-0.2, -0.15) is 0 Å². The van der Waals surface area contributed by atoms with E-state index in [0.29, 0.717) is 34.3 Å². The van der Waals surface area contributed by atoms with Crippen LogP contribution in [0.2, 0.25) is 0 Å². The van der Waals surface area contributed by atoms with Crippen LogP contribution in [0.1, 0.15) is 42.5 Å². The van der Waals surface area contributed by atoms with Crippen molar-refractivity contribution in [2.75, 3.05) is 39.4 Å². The number of nitrogens with one attached hydrogen (secondary N) is 3. The molecular formula is C23H31N4O3S+. The third-order valence-electron chi connectivity index (χ3n) is 6.25. The Morgan fingerprint density at radius 2 is 2.10 bits per heavy atom. The summed E-state index contributed by atoms with van der Waals surface area (Å²) in [5.41, 5.74) is 2.45. The van der Waals surface area contributed by atoms with Gasteiger partial charge in [-0.1, -0.05) is 11.6 Å². The largest absolute Gasteiger partial charge is 0.370 e. The van der Waals surface area contributed by atoms with Crippen LogP contribution in [0.4, 0.5) is 0 Å². The smallest absolute Gasteiger partial charge is 0.262 e. The van der Waals surface area contributed by atoms with Gasteiger partial charge in [0.15, 0.2) is 4.77 Å². The van der Waals surface area contributed by atoms with Gasteiger partial charge >= 0.3 is 0 Å². The highest BCUT2D eigenvalue weighted by Gasteiger charge is 2.15. The molecule has 0 saturated carbocycles. The molecule has 1 fully saturated rings. The zero-order valence-electron chi connectivity index (χ0n) is 17.9. The lowest BCUT2D eigenvalue weighted by atomic mass is 9.97. The Kier molecular flexibility index (Phi) is 7.32. The number of amides is 1. The molecule has 0 atom stereocenters. The number of carbonyl (C=O) groups is 1. The summed E-state index contributed by atoms with van der Waals surface area (Å²) in [6.45, 7) is 5.59. The number of quaternary nitrogens is 1. The van der Waals surface area contributed by atoms with E-state index in [-0.39, 0.29) is 11.5 Å². The first-order chi connectivity index (χ1) is 15.1. The van der Waals surface area contributed by atoms with Gasteiger partial charge in [0.25, 0.3) is 11.5 Å². The molecule has 4 rings (SSSR count). The summed E-state index contributed by atoms with van der Waals surface area (Å²) in [4.78, 5) is 30.2. The maximum Gasteiger partial charge on any atom is 0.262 e. The van der Waals surface area contributed by atoms with Crippen LogP contribution in [0.15, 0.2) is 34.6 Å². The first-order valence-corrected chi connectivity index (χ1v) is 11.7. The van der Waals surface area contributed by atoms with Gasteiger partial charge in [0.2, 0.25) is 0 Å². The summed E-state index contributed by atoms with van der Waals surface area (Å²) in [5, 5.41) is 3.53. The van der Waals surface area contributed by atoms with E-state index < -0.39 is 0 Å². The molecule has 0 bridgehead atoms. The molecule has 1 aromatic heterocycles. The van der Waals surface area contributed by atoms with Crippen molar-refractivity contribution in [3.63, 3.8) is 0 Å². The lowest BCUT2D eigenvalue weighted by Gasteiger charge is -2.23. The van der Waals surface area contributed by atoms with Gasteiger partial charge < -0.3 is 19.9 Å². The molecule has 1 aliphatic carbocycles. The highest BCUT2D eigenvalue weighted by molar-refractivity contribution is 7.71. The van der Waals surface area contributed by atoms with E-state index in [1.165, 1.54) is 23.3 Å². The number of fused-ring (bicyclic) bond motifs is 1. The molecule has 166 valence electrons. The third kappa shape index (κ3) is 5.50. The fourth-order valence-corrected chi connectivity index (χ4v) is 4.64. The van der Waals surface area contributed by atoms with Crippen LogP contribution in [0.5, 0.6) is 0 Å². The van der Waals surface area contributed by atoms with Crippen molar-refractivity contribution in [1.82, 2.24) is 14.9 Å². The van der Waals surface area contributed by atoms with Gasteiger partial charge in [-0.3, -0.25) is 14.2 Å². The molecule has 1 aliphatic heterocycles. The summed E-state index contributed by atoms with van der Waals surface area (Å²) in [5.74, 6) is -0.137. The second-order valence-corrected chi connectivity index (χ2v) is 8.76. The Hall–Kier alpha value is -2.29. The van der Waals surface area contributed by atoms with Crippen LogP contribution < -0.4 is 15.8 Å². The molecule has 2 heterocycles. The average molecular weight is 444 g/mol. The number of hydrogen-bond donors (Lipinski definition) is 3. The van der Waals surface area contributed by atoms with Gasteiger partial charge in [0, 0.05) is 12.1 Å². The summed E-state index contributed by atoms with van der Waals surface area (Å²) in [6, 6.07) is 5.16. The minimum absolute atomic E-state index is 0.0990. The van der Waals surface area contributed by atoms with Crippen molar-refractivity contribution >= 4 is 29.0 Å². The number of aromatic amines is 1. The maximum atomic E-state index is 13.0. The quantitative estimate of drug-likeness (QED) is 0.449. The molecule has 0 radical (unpaired) electrons. The summed E-state index contributed by atoms with van der Waals surface area (Å²) < 4.78 is 7.40. The lowest BCUT2D eigenvalue weighted by Crippen LogP contribution is -3.14. The molecule has 2 aliphatic rings. The van der Waals surface area contributed by atoms with Gasteiger partial charge in [-0.05, 0) is 62.5 Å². The second-order valence-electron chi connectivity index (χ2n) is 8.37. The van der Waals surface area contributed by atoms with Gasteiger partial charge in [-0.25, -0.2) is 0 Å². The monoisotopic (exact) mass is 443 g/mol. The minimum Gasteiger partial charge on any atom is -0.370 e. The highest BCUT2D eigenvalue weighted by Crippen LogP contribution is 2.20. The van der Waals surface area contributed by atoms with Crippen LogP contribution in [-0.2, 0) is 11.3 Å². The predicted octanol–water partition coefficient (Wildman–Crippen LogP) is 1.59. The predicted molar refractivity (Wildman–Crippen MR) is 123 cm³/mol. The number of ether oxygens (including phenoxy) is 1. The molecule has 1 saturated heterocycles. The van der Waals surface area contributed by atoms with E-state index in [9.17, 15) is 9.59 Å². The van der Waals surface area contributed by atoms with Crippen molar-refractivity contribution in [2.45, 2.75) is 38.6 Å². The van der Waals surface area contributed by atoms with Gasteiger partial charge in [0.1, 0.15) is 13.1 Å². The number of hydrogen-bond acceptors (Lipinski definition) is 4. The van der Waals surface area contributed by atoms with E-state index in [0.717, 1.165) is 52.1 Å². The van der Waals surface area contributed by atoms with Crippen molar-refractivity contribution in [2.24, 2.45) is 0 Å². The molecular weight excluding hydrogens is 412 g/mol. The minimum atomic E-state index is -0.137. The Morgan fingerprint density at radius 1 is 1.26 bits per heavy atom. The van der Waals surface area contributed by atoms with Crippen molar-refractivity contribution in [1.29, 1.82) is 0 Å².